The molecule has 3 heterocycles. The number of nitrogens with zero attached hydrogens (tertiary/aromatic N) is 2. The fourth-order valence-electron chi connectivity index (χ4n) is 7.61. The third kappa shape index (κ3) is 5.22. The third-order valence-corrected chi connectivity index (χ3v) is 11.3. The monoisotopic (exact) mass is 577 g/mol. The van der Waals surface area contributed by atoms with Gasteiger partial charge in [0.2, 0.25) is 5.91 Å². The summed E-state index contributed by atoms with van der Waals surface area (Å²) >= 11 is 8.08. The Balaban J connectivity index is 1.22. The first-order valence-corrected chi connectivity index (χ1v) is 16.3. The summed E-state index contributed by atoms with van der Waals surface area (Å²) in [5, 5.41) is 0.813. The Bertz CT molecular complexity index is 1330. The Labute approximate surface area is 247 Å². The second kappa shape index (κ2) is 10.5. The fraction of sp³-hybridized carbons (Fsp3) is 0.545. The van der Waals surface area contributed by atoms with Crippen LogP contribution in [0.2, 0.25) is 5.02 Å². The van der Waals surface area contributed by atoms with Gasteiger partial charge in [0, 0.05) is 53.6 Å². The summed E-state index contributed by atoms with van der Waals surface area (Å²) in [7, 11) is 0. The highest BCUT2D eigenvalue weighted by atomic mass is 35.5. The Kier molecular flexibility index (Phi) is 6.98. The van der Waals surface area contributed by atoms with Crippen molar-refractivity contribution in [3.8, 4) is 5.75 Å². The highest BCUT2D eigenvalue weighted by Gasteiger charge is 2.44. The van der Waals surface area contributed by atoms with Gasteiger partial charge in [-0.05, 0) is 123 Å². The molecule has 0 aromatic heterocycles. The van der Waals surface area contributed by atoms with Gasteiger partial charge in [0.15, 0.2) is 0 Å². The van der Waals surface area contributed by atoms with Gasteiger partial charge >= 0.3 is 0 Å². The first-order chi connectivity index (χ1) is 19.4. The molecule has 2 aliphatic carbocycles. The number of hydrogen-bond acceptors (Lipinski definition) is 5. The van der Waals surface area contributed by atoms with Gasteiger partial charge in [0.1, 0.15) is 5.75 Å². The molecule has 1 amide bonds. The van der Waals surface area contributed by atoms with Crippen LogP contribution in [0.5, 0.6) is 5.75 Å². The average Bonchev–Trinajstić information content (AvgIpc) is 3.61. The van der Waals surface area contributed by atoms with E-state index in [-0.39, 0.29) is 5.41 Å². The molecule has 5 nitrogen and oxygen atoms in total. The second-order valence-corrected chi connectivity index (χ2v) is 14.4. The van der Waals surface area contributed by atoms with Crippen molar-refractivity contribution >= 4 is 35.1 Å². The number of amides is 1. The quantitative estimate of drug-likeness (QED) is 0.338. The molecule has 1 saturated carbocycles. The van der Waals surface area contributed by atoms with Crippen LogP contribution in [0.25, 0.3) is 0 Å². The number of aryl methyl sites for hydroxylation is 1. The Morgan fingerprint density at radius 1 is 1.00 bits per heavy atom. The number of rotatable bonds is 0. The van der Waals surface area contributed by atoms with Crippen LogP contribution in [0.3, 0.4) is 0 Å². The lowest BCUT2D eigenvalue weighted by molar-refractivity contribution is -0.130. The number of halogens is 1. The summed E-state index contributed by atoms with van der Waals surface area (Å²) in [6.07, 6.45) is 10.7. The molecule has 212 valence electrons. The van der Waals surface area contributed by atoms with Crippen molar-refractivity contribution in [2.24, 2.45) is 11.3 Å². The lowest BCUT2D eigenvalue weighted by Gasteiger charge is -2.41. The van der Waals surface area contributed by atoms with E-state index in [1.807, 2.05) is 6.07 Å². The highest BCUT2D eigenvalue weighted by molar-refractivity contribution is 7.97. The van der Waals surface area contributed by atoms with Crippen molar-refractivity contribution in [2.45, 2.75) is 74.5 Å². The predicted molar refractivity (Wildman–Crippen MR) is 163 cm³/mol. The maximum Gasteiger partial charge on any atom is 0.222 e. The third-order valence-electron chi connectivity index (χ3n) is 10.2. The van der Waals surface area contributed by atoms with Crippen LogP contribution < -0.4 is 14.4 Å². The SMILES string of the molecule is C=C1CCC2(CCC(=O)N3CCC(C3)CN3CC4(CCCc5cc(Cl)ccc54)COc4ccc(cc43)SN1)CC2. The van der Waals surface area contributed by atoms with Gasteiger partial charge in [0.25, 0.3) is 0 Å². The van der Waals surface area contributed by atoms with Gasteiger partial charge < -0.3 is 19.3 Å². The number of nitrogens with one attached hydrogen (secondary N) is 1. The van der Waals surface area contributed by atoms with E-state index in [9.17, 15) is 4.79 Å². The zero-order valence-electron chi connectivity index (χ0n) is 23.4. The summed E-state index contributed by atoms with van der Waals surface area (Å²) in [5.41, 5.74) is 5.26. The molecule has 5 aliphatic rings. The molecule has 7 heteroatoms. The van der Waals surface area contributed by atoms with Gasteiger partial charge in [-0.15, -0.1) is 0 Å². The Morgan fingerprint density at radius 2 is 1.85 bits per heavy atom. The number of anilines is 1. The van der Waals surface area contributed by atoms with E-state index in [1.54, 1.807) is 11.9 Å². The number of fused-ring (bicyclic) bond motifs is 5. The van der Waals surface area contributed by atoms with E-state index >= 15 is 0 Å². The number of benzene rings is 2. The Morgan fingerprint density at radius 3 is 2.73 bits per heavy atom. The van der Waals surface area contributed by atoms with Crippen molar-refractivity contribution in [3.05, 3.63) is 64.8 Å². The van der Waals surface area contributed by atoms with E-state index in [1.165, 1.54) is 34.6 Å². The maximum atomic E-state index is 13.3. The molecular formula is C33H40ClN3O2S. The zero-order chi connectivity index (χ0) is 27.3. The summed E-state index contributed by atoms with van der Waals surface area (Å²) in [5.74, 6) is 1.77. The molecular weight excluding hydrogens is 538 g/mol. The second-order valence-electron chi connectivity index (χ2n) is 13.0. The molecule has 0 radical (unpaired) electrons. The minimum atomic E-state index is -0.0809. The first-order valence-electron chi connectivity index (χ1n) is 15.1. The van der Waals surface area contributed by atoms with Crippen molar-refractivity contribution in [3.63, 3.8) is 0 Å². The lowest BCUT2D eigenvalue weighted by atomic mass is 9.70. The number of ether oxygens (including phenoxy) is 1. The van der Waals surface area contributed by atoms with E-state index in [2.05, 4.69) is 51.4 Å². The smallest absolute Gasteiger partial charge is 0.222 e. The largest absolute Gasteiger partial charge is 0.490 e. The van der Waals surface area contributed by atoms with E-state index in [0.29, 0.717) is 30.3 Å². The Hall–Kier alpha value is -2.31. The van der Waals surface area contributed by atoms with Crippen LogP contribution in [-0.2, 0) is 16.6 Å². The molecule has 2 atom stereocenters. The molecule has 2 unspecified atom stereocenters. The van der Waals surface area contributed by atoms with E-state index in [0.717, 1.165) is 87.6 Å². The maximum absolute atomic E-state index is 13.3. The topological polar surface area (TPSA) is 44.8 Å². The summed E-state index contributed by atoms with van der Waals surface area (Å²) in [6.45, 7) is 8.59. The van der Waals surface area contributed by atoms with Crippen molar-refractivity contribution < 1.29 is 9.53 Å². The van der Waals surface area contributed by atoms with Crippen molar-refractivity contribution in [1.82, 2.24) is 9.62 Å². The molecule has 1 saturated heterocycles. The standard InChI is InChI=1S/C33H40ClN3O2S/c1-23-8-12-32(14-15-32)13-9-31(38)36-16-10-24(19-36)20-37-21-33(11-2-3-25-17-26(34)4-6-28(25)33)22-39-30-7-5-27(40-35-23)18-29(30)37/h4-7,17-18,24,35H,1-3,8-16,19-22H2. The normalized spacial score (nSPS) is 28.0. The van der Waals surface area contributed by atoms with Crippen molar-refractivity contribution in [1.29, 1.82) is 0 Å². The summed E-state index contributed by atoms with van der Waals surface area (Å²) in [4.78, 5) is 19.2. The molecule has 3 aliphatic heterocycles. The molecule has 7 rings (SSSR count). The number of carbonyl (C=O) groups excluding carboxylic acids is 1. The summed E-state index contributed by atoms with van der Waals surface area (Å²) in [6, 6.07) is 13.1. The van der Waals surface area contributed by atoms with Crippen LogP contribution in [0, 0.1) is 11.3 Å². The van der Waals surface area contributed by atoms with E-state index < -0.39 is 0 Å². The van der Waals surface area contributed by atoms with E-state index in [4.69, 9.17) is 16.3 Å². The molecule has 2 fully saturated rings. The number of hydrogen-bond donors (Lipinski definition) is 1. The highest BCUT2D eigenvalue weighted by Crippen LogP contribution is 2.54. The van der Waals surface area contributed by atoms with Gasteiger partial charge in [-0.25, -0.2) is 0 Å². The van der Waals surface area contributed by atoms with Crippen LogP contribution in [0.4, 0.5) is 5.69 Å². The zero-order valence-corrected chi connectivity index (χ0v) is 24.9. The fourth-order valence-corrected chi connectivity index (χ4v) is 8.47. The minimum absolute atomic E-state index is 0.0809. The molecule has 40 heavy (non-hydrogen) atoms. The lowest BCUT2D eigenvalue weighted by Crippen LogP contribution is -2.47. The van der Waals surface area contributed by atoms with Gasteiger partial charge in [0.05, 0.1) is 12.3 Å². The predicted octanol–water partition coefficient (Wildman–Crippen LogP) is 7.13. The van der Waals surface area contributed by atoms with Gasteiger partial charge in [-0.2, -0.15) is 0 Å². The number of carbonyl (C=O) groups is 1. The molecule has 1 N–H and O–H groups in total. The van der Waals surface area contributed by atoms with Crippen LogP contribution in [0.1, 0.15) is 68.9 Å². The first kappa shape index (κ1) is 26.6. The summed E-state index contributed by atoms with van der Waals surface area (Å²) < 4.78 is 10.2. The molecule has 2 aromatic carbocycles. The van der Waals surface area contributed by atoms with Crippen LogP contribution in [-0.4, -0.2) is 43.6 Å². The van der Waals surface area contributed by atoms with Crippen LogP contribution >= 0.6 is 23.5 Å². The van der Waals surface area contributed by atoms with Gasteiger partial charge in [-0.1, -0.05) is 24.2 Å². The van der Waals surface area contributed by atoms with Crippen molar-refractivity contribution in [2.75, 3.05) is 37.7 Å². The molecule has 4 bridgehead atoms. The average molecular weight is 578 g/mol. The minimum Gasteiger partial charge on any atom is -0.490 e. The van der Waals surface area contributed by atoms with Crippen LogP contribution in [0.15, 0.2) is 53.6 Å². The molecule has 2 spiro atoms. The number of allylic oxidation sites excluding steroid dienone is 1. The van der Waals surface area contributed by atoms with Gasteiger partial charge in [-0.3, -0.25) is 4.79 Å². The molecule has 2 aromatic rings.